The molecule has 1 aromatic rings. The Balaban J connectivity index is 2.20. The third-order valence-corrected chi connectivity index (χ3v) is 3.20. The molecule has 1 aliphatic carbocycles. The van der Waals surface area contributed by atoms with Gasteiger partial charge in [-0.3, -0.25) is 4.79 Å². The fraction of sp³-hybridized carbons (Fsp3) is 0.500. The van der Waals surface area contributed by atoms with E-state index in [0.717, 1.165) is 6.42 Å². The van der Waals surface area contributed by atoms with Crippen LogP contribution in [0.15, 0.2) is 6.33 Å². The molecule has 0 saturated heterocycles. The molecule has 5 heteroatoms. The first kappa shape index (κ1) is 10.4. The smallest absolute Gasteiger partial charge is 0.156 e. The third kappa shape index (κ3) is 1.95. The summed E-state index contributed by atoms with van der Waals surface area (Å²) in [4.78, 5) is 18.6. The molecular weight excluding hydrogens is 214 g/mol. The normalized spacial score (nSPS) is 24.4. The van der Waals surface area contributed by atoms with Crippen LogP contribution in [-0.2, 0) is 0 Å². The molecule has 1 aliphatic rings. The van der Waals surface area contributed by atoms with Gasteiger partial charge in [-0.1, -0.05) is 18.5 Å². The van der Waals surface area contributed by atoms with Crippen molar-refractivity contribution in [1.29, 1.82) is 0 Å². The van der Waals surface area contributed by atoms with Gasteiger partial charge >= 0.3 is 0 Å². The van der Waals surface area contributed by atoms with Gasteiger partial charge in [0.25, 0.3) is 0 Å². The van der Waals surface area contributed by atoms with Crippen LogP contribution in [0.1, 0.15) is 30.1 Å². The van der Waals surface area contributed by atoms with Crippen LogP contribution in [0.4, 0.5) is 5.82 Å². The van der Waals surface area contributed by atoms with E-state index in [9.17, 15) is 4.79 Å². The fourth-order valence-electron chi connectivity index (χ4n) is 1.65. The summed E-state index contributed by atoms with van der Waals surface area (Å²) >= 11 is 5.79. The van der Waals surface area contributed by atoms with Gasteiger partial charge in [-0.05, 0) is 18.8 Å². The maximum absolute atomic E-state index is 10.8. The molecule has 1 heterocycles. The van der Waals surface area contributed by atoms with Crippen molar-refractivity contribution in [2.45, 2.75) is 25.8 Å². The van der Waals surface area contributed by atoms with Gasteiger partial charge in [0.2, 0.25) is 0 Å². The molecule has 1 N–H and O–H groups in total. The number of nitrogens with one attached hydrogen (secondary N) is 1. The van der Waals surface area contributed by atoms with Gasteiger partial charge in [-0.2, -0.15) is 0 Å². The zero-order valence-electron chi connectivity index (χ0n) is 8.40. The van der Waals surface area contributed by atoms with Crippen LogP contribution in [0.25, 0.3) is 0 Å². The van der Waals surface area contributed by atoms with Crippen LogP contribution >= 0.6 is 11.6 Å². The van der Waals surface area contributed by atoms with Crippen LogP contribution in [-0.4, -0.2) is 22.3 Å². The van der Waals surface area contributed by atoms with Crippen molar-refractivity contribution in [1.82, 2.24) is 9.97 Å². The van der Waals surface area contributed by atoms with Crippen LogP contribution in [0.5, 0.6) is 0 Å². The Morgan fingerprint density at radius 2 is 2.33 bits per heavy atom. The Kier molecular flexibility index (Phi) is 2.86. The number of halogens is 1. The van der Waals surface area contributed by atoms with Gasteiger partial charge in [-0.15, -0.1) is 0 Å². The lowest BCUT2D eigenvalue weighted by molar-refractivity contribution is 0.112. The number of carbonyl (C=O) groups excluding carboxylic acids is 1. The van der Waals surface area contributed by atoms with Crippen LogP contribution in [0.3, 0.4) is 0 Å². The molecule has 1 fully saturated rings. The van der Waals surface area contributed by atoms with Crippen molar-refractivity contribution in [3.8, 4) is 0 Å². The molecule has 2 rings (SSSR count). The number of hydrogen-bond acceptors (Lipinski definition) is 4. The zero-order valence-corrected chi connectivity index (χ0v) is 9.16. The molecule has 0 aromatic carbocycles. The van der Waals surface area contributed by atoms with E-state index >= 15 is 0 Å². The van der Waals surface area contributed by atoms with Gasteiger partial charge in [0.15, 0.2) is 6.29 Å². The van der Waals surface area contributed by atoms with Crippen molar-refractivity contribution < 1.29 is 4.79 Å². The number of rotatable bonds is 3. The van der Waals surface area contributed by atoms with Crippen LogP contribution in [0.2, 0.25) is 5.15 Å². The molecule has 0 spiro atoms. The molecule has 15 heavy (non-hydrogen) atoms. The molecule has 4 nitrogen and oxygen atoms in total. The van der Waals surface area contributed by atoms with E-state index in [2.05, 4.69) is 22.2 Å². The van der Waals surface area contributed by atoms with Crippen LogP contribution < -0.4 is 5.32 Å². The van der Waals surface area contributed by atoms with E-state index in [-0.39, 0.29) is 5.15 Å². The first-order valence-electron chi connectivity index (χ1n) is 4.94. The maximum atomic E-state index is 10.8. The quantitative estimate of drug-likeness (QED) is 0.633. The van der Waals surface area contributed by atoms with Gasteiger partial charge in [0.1, 0.15) is 17.3 Å². The predicted molar refractivity (Wildman–Crippen MR) is 58.2 cm³/mol. The fourth-order valence-corrected chi connectivity index (χ4v) is 1.83. The SMILES string of the molecule is CC1CCC1Nc1ncnc(Cl)c1C=O. The summed E-state index contributed by atoms with van der Waals surface area (Å²) in [6.07, 6.45) is 4.38. The first-order valence-corrected chi connectivity index (χ1v) is 5.32. The van der Waals surface area contributed by atoms with Crippen LogP contribution in [0, 0.1) is 5.92 Å². The summed E-state index contributed by atoms with van der Waals surface area (Å²) in [6, 6.07) is 0.398. The number of anilines is 1. The minimum absolute atomic E-state index is 0.203. The zero-order chi connectivity index (χ0) is 10.8. The summed E-state index contributed by atoms with van der Waals surface area (Å²) in [5, 5.41) is 3.42. The Bertz CT molecular complexity index is 383. The number of hydrogen-bond donors (Lipinski definition) is 1. The summed E-state index contributed by atoms with van der Waals surface area (Å²) in [7, 11) is 0. The van der Waals surface area contributed by atoms with Gasteiger partial charge in [0.05, 0.1) is 5.56 Å². The van der Waals surface area contributed by atoms with Crippen molar-refractivity contribution >= 4 is 23.7 Å². The highest BCUT2D eigenvalue weighted by Gasteiger charge is 2.27. The molecule has 2 atom stereocenters. The molecule has 80 valence electrons. The number of nitrogens with zero attached hydrogens (tertiary/aromatic N) is 2. The lowest BCUT2D eigenvalue weighted by atomic mass is 9.81. The summed E-state index contributed by atoms with van der Waals surface area (Å²) in [5.74, 6) is 1.17. The molecular formula is C10H12ClN3O. The highest BCUT2D eigenvalue weighted by atomic mass is 35.5. The molecule has 1 saturated carbocycles. The highest BCUT2D eigenvalue weighted by Crippen LogP contribution is 2.30. The predicted octanol–water partition coefficient (Wildman–Crippen LogP) is 2.15. The average molecular weight is 226 g/mol. The van der Waals surface area contributed by atoms with Gasteiger partial charge < -0.3 is 5.32 Å². The number of carbonyl (C=O) groups is 1. The minimum atomic E-state index is 0.203. The second kappa shape index (κ2) is 4.14. The van der Waals surface area contributed by atoms with Crippen molar-refractivity contribution in [2.75, 3.05) is 5.32 Å². The van der Waals surface area contributed by atoms with E-state index in [4.69, 9.17) is 11.6 Å². The first-order chi connectivity index (χ1) is 7.22. The highest BCUT2D eigenvalue weighted by molar-refractivity contribution is 6.32. The summed E-state index contributed by atoms with van der Waals surface area (Å²) in [6.45, 7) is 2.17. The van der Waals surface area contributed by atoms with Crippen molar-refractivity contribution in [3.05, 3.63) is 17.0 Å². The van der Waals surface area contributed by atoms with Gasteiger partial charge in [0, 0.05) is 6.04 Å². The summed E-state index contributed by atoms with van der Waals surface area (Å²) < 4.78 is 0. The second-order valence-corrected chi connectivity index (χ2v) is 4.21. The standard InChI is InChI=1S/C10H12ClN3O/c1-6-2-3-8(6)14-10-7(4-15)9(11)12-5-13-10/h4-6,8H,2-3H2,1H3,(H,12,13,14). The monoisotopic (exact) mass is 225 g/mol. The Hall–Kier alpha value is -1.16. The Morgan fingerprint density at radius 3 is 2.87 bits per heavy atom. The van der Waals surface area contributed by atoms with E-state index in [1.165, 1.54) is 12.7 Å². The number of aldehydes is 1. The maximum Gasteiger partial charge on any atom is 0.156 e. The van der Waals surface area contributed by atoms with E-state index in [1.807, 2.05) is 0 Å². The molecule has 1 aromatic heterocycles. The summed E-state index contributed by atoms with van der Waals surface area (Å²) in [5.41, 5.74) is 0.346. The Morgan fingerprint density at radius 1 is 1.53 bits per heavy atom. The lowest BCUT2D eigenvalue weighted by Crippen LogP contribution is -2.36. The van der Waals surface area contributed by atoms with Gasteiger partial charge in [-0.25, -0.2) is 9.97 Å². The largest absolute Gasteiger partial charge is 0.366 e. The topological polar surface area (TPSA) is 54.9 Å². The van der Waals surface area contributed by atoms with E-state index in [1.54, 1.807) is 0 Å². The minimum Gasteiger partial charge on any atom is -0.366 e. The molecule has 2 unspecified atom stereocenters. The van der Waals surface area contributed by atoms with Crippen molar-refractivity contribution in [3.63, 3.8) is 0 Å². The number of aromatic nitrogens is 2. The second-order valence-electron chi connectivity index (χ2n) is 3.85. The molecule has 0 aliphatic heterocycles. The Labute approximate surface area is 93.1 Å². The third-order valence-electron chi connectivity index (χ3n) is 2.90. The molecule has 0 bridgehead atoms. The lowest BCUT2D eigenvalue weighted by Gasteiger charge is -2.35. The van der Waals surface area contributed by atoms with E-state index in [0.29, 0.717) is 29.6 Å². The van der Waals surface area contributed by atoms with E-state index < -0.39 is 0 Å². The molecule has 0 radical (unpaired) electrons. The van der Waals surface area contributed by atoms with Crippen molar-refractivity contribution in [2.24, 2.45) is 5.92 Å². The average Bonchev–Trinajstić information content (AvgIpc) is 2.24. The molecule has 0 amide bonds.